The molecule has 4 aromatic carbocycles. The van der Waals surface area contributed by atoms with E-state index in [0.29, 0.717) is 28.5 Å². The first-order chi connectivity index (χ1) is 20.4. The minimum Gasteiger partial charge on any atom is -0.497 e. The van der Waals surface area contributed by atoms with E-state index in [4.69, 9.17) is 30.2 Å². The molecule has 9 heteroatoms. The van der Waals surface area contributed by atoms with Gasteiger partial charge in [-0.1, -0.05) is 35.9 Å². The van der Waals surface area contributed by atoms with Gasteiger partial charge < -0.3 is 18.6 Å². The zero-order valence-corrected chi connectivity index (χ0v) is 27.6. The van der Waals surface area contributed by atoms with Gasteiger partial charge in [-0.3, -0.25) is 0 Å². The maximum Gasteiger partial charge on any atom is 0.238 e. The van der Waals surface area contributed by atoms with Crippen molar-refractivity contribution in [3.8, 4) is 45.8 Å². The molecular formula is C33H23ClI2N2O4. The Morgan fingerprint density at radius 3 is 1.98 bits per heavy atom. The number of benzene rings is 4. The number of ether oxygens (including phenoxy) is 3. The average molecular weight is 801 g/mol. The summed E-state index contributed by atoms with van der Waals surface area (Å²) in [4.78, 5) is 4.64. The molecule has 1 aromatic heterocycles. The molecule has 0 aliphatic rings. The average Bonchev–Trinajstić information content (AvgIpc) is 3.39. The second kappa shape index (κ2) is 13.6. The largest absolute Gasteiger partial charge is 0.497 e. The Labute approximate surface area is 276 Å². The Balaban J connectivity index is 1.49. The van der Waals surface area contributed by atoms with Crippen molar-refractivity contribution >= 4 is 68.9 Å². The third kappa shape index (κ3) is 6.75. The molecular weight excluding hydrogens is 778 g/mol. The van der Waals surface area contributed by atoms with Crippen LogP contribution in [0.2, 0.25) is 5.02 Å². The molecule has 0 fully saturated rings. The van der Waals surface area contributed by atoms with Gasteiger partial charge >= 0.3 is 0 Å². The number of hydrogen-bond acceptors (Lipinski definition) is 6. The third-order valence-electron chi connectivity index (χ3n) is 6.38. The van der Waals surface area contributed by atoms with Crippen LogP contribution in [-0.2, 0) is 6.61 Å². The van der Waals surface area contributed by atoms with Crippen molar-refractivity contribution < 1.29 is 18.6 Å². The SMILES string of the molecule is COc1ccc(-c2oc(N=Cc3cc(I)c(OCc4ccc(Cl)cc4)c(I)c3)c(C#N)c2-c2ccc(OC)cc2)cc1. The number of rotatable bonds is 9. The zero-order chi connectivity index (χ0) is 29.6. The molecule has 0 aliphatic heterocycles. The minimum absolute atomic E-state index is 0.224. The summed E-state index contributed by atoms with van der Waals surface area (Å²) in [6.45, 7) is 0.427. The fourth-order valence-corrected chi connectivity index (χ4v) is 6.51. The molecule has 5 rings (SSSR count). The van der Waals surface area contributed by atoms with Crippen molar-refractivity contribution in [1.29, 1.82) is 5.26 Å². The van der Waals surface area contributed by atoms with Gasteiger partial charge in [0.1, 0.15) is 41.2 Å². The summed E-state index contributed by atoms with van der Waals surface area (Å²) in [7, 11) is 3.23. The highest BCUT2D eigenvalue weighted by molar-refractivity contribution is 14.1. The molecule has 0 unspecified atom stereocenters. The molecule has 5 aromatic rings. The molecule has 0 radical (unpaired) electrons. The number of nitriles is 1. The van der Waals surface area contributed by atoms with Gasteiger partial charge in [-0.15, -0.1) is 0 Å². The highest BCUT2D eigenvalue weighted by Crippen LogP contribution is 2.43. The highest BCUT2D eigenvalue weighted by atomic mass is 127. The molecule has 0 N–H and O–H groups in total. The van der Waals surface area contributed by atoms with Crippen molar-refractivity contribution in [2.75, 3.05) is 14.2 Å². The lowest BCUT2D eigenvalue weighted by molar-refractivity contribution is 0.302. The van der Waals surface area contributed by atoms with Crippen LogP contribution in [0.25, 0.3) is 22.5 Å². The van der Waals surface area contributed by atoms with Crippen LogP contribution in [0.3, 0.4) is 0 Å². The van der Waals surface area contributed by atoms with Crippen molar-refractivity contribution in [3.63, 3.8) is 0 Å². The lowest BCUT2D eigenvalue weighted by Gasteiger charge is -2.11. The normalized spacial score (nSPS) is 11.0. The lowest BCUT2D eigenvalue weighted by Crippen LogP contribution is -2.00. The Morgan fingerprint density at radius 2 is 1.43 bits per heavy atom. The summed E-state index contributed by atoms with van der Waals surface area (Å²) in [5.41, 5.74) is 4.49. The second-order valence-corrected chi connectivity index (χ2v) is 11.8. The Kier molecular flexibility index (Phi) is 9.72. The number of methoxy groups -OCH3 is 2. The minimum atomic E-state index is 0.224. The first-order valence-electron chi connectivity index (χ1n) is 12.7. The molecule has 0 saturated carbocycles. The van der Waals surface area contributed by atoms with Gasteiger partial charge in [0.15, 0.2) is 0 Å². The maximum atomic E-state index is 10.2. The van der Waals surface area contributed by atoms with Gasteiger partial charge in [0.2, 0.25) is 5.88 Å². The van der Waals surface area contributed by atoms with Crippen LogP contribution in [0.4, 0.5) is 5.88 Å². The van der Waals surface area contributed by atoms with Gasteiger partial charge in [0.25, 0.3) is 0 Å². The maximum absolute atomic E-state index is 10.2. The van der Waals surface area contributed by atoms with Crippen LogP contribution in [0.15, 0.2) is 94.3 Å². The number of nitrogens with zero attached hydrogens (tertiary/aromatic N) is 2. The molecule has 6 nitrogen and oxygen atoms in total. The summed E-state index contributed by atoms with van der Waals surface area (Å²) in [5, 5.41) is 10.9. The highest BCUT2D eigenvalue weighted by Gasteiger charge is 2.23. The van der Waals surface area contributed by atoms with Crippen LogP contribution in [0, 0.1) is 18.5 Å². The number of furan rings is 1. The van der Waals surface area contributed by atoms with E-state index < -0.39 is 0 Å². The molecule has 210 valence electrons. The van der Waals surface area contributed by atoms with Gasteiger partial charge in [-0.05, 0) is 123 Å². The van der Waals surface area contributed by atoms with Crippen molar-refractivity contribution in [3.05, 3.63) is 114 Å². The van der Waals surface area contributed by atoms with E-state index in [1.807, 2.05) is 84.9 Å². The molecule has 0 spiro atoms. The number of aliphatic imine (C=N–C) groups is 1. The van der Waals surface area contributed by atoms with Crippen LogP contribution in [-0.4, -0.2) is 20.4 Å². The summed E-state index contributed by atoms with van der Waals surface area (Å²) in [5.74, 6) is 3.00. The van der Waals surface area contributed by atoms with E-state index in [1.165, 1.54) is 0 Å². The monoisotopic (exact) mass is 800 g/mol. The van der Waals surface area contributed by atoms with Crippen LogP contribution >= 0.6 is 56.8 Å². The second-order valence-electron chi connectivity index (χ2n) is 9.04. The van der Waals surface area contributed by atoms with Crippen LogP contribution < -0.4 is 14.2 Å². The van der Waals surface area contributed by atoms with E-state index in [1.54, 1.807) is 20.4 Å². The Bertz CT molecular complexity index is 1750. The first kappa shape index (κ1) is 29.9. The molecule has 0 amide bonds. The fraction of sp³-hybridized carbons (Fsp3) is 0.0909. The van der Waals surface area contributed by atoms with E-state index in [2.05, 4.69) is 56.2 Å². The van der Waals surface area contributed by atoms with E-state index in [-0.39, 0.29) is 5.88 Å². The van der Waals surface area contributed by atoms with Crippen molar-refractivity contribution in [2.24, 2.45) is 4.99 Å². The van der Waals surface area contributed by atoms with Gasteiger partial charge in [-0.2, -0.15) is 5.26 Å². The smallest absolute Gasteiger partial charge is 0.238 e. The topological polar surface area (TPSA) is 77.0 Å². The zero-order valence-electron chi connectivity index (χ0n) is 22.5. The molecule has 0 saturated heterocycles. The third-order valence-corrected chi connectivity index (χ3v) is 8.23. The van der Waals surface area contributed by atoms with E-state index in [0.717, 1.165) is 46.6 Å². The van der Waals surface area contributed by atoms with Crippen molar-refractivity contribution in [1.82, 2.24) is 0 Å². The summed E-state index contributed by atoms with van der Waals surface area (Å²) >= 11 is 10.5. The number of halogens is 3. The van der Waals surface area contributed by atoms with Gasteiger partial charge in [0, 0.05) is 22.4 Å². The Hall–Kier alpha value is -3.53. The van der Waals surface area contributed by atoms with Gasteiger partial charge in [0.05, 0.1) is 21.4 Å². The van der Waals surface area contributed by atoms with Crippen molar-refractivity contribution in [2.45, 2.75) is 6.61 Å². The van der Waals surface area contributed by atoms with E-state index in [9.17, 15) is 5.26 Å². The molecule has 0 atom stereocenters. The van der Waals surface area contributed by atoms with Crippen LogP contribution in [0.5, 0.6) is 17.2 Å². The summed E-state index contributed by atoms with van der Waals surface area (Å²) < 4.78 is 24.9. The fourth-order valence-electron chi connectivity index (χ4n) is 4.25. The Morgan fingerprint density at radius 1 is 0.857 bits per heavy atom. The first-order valence-corrected chi connectivity index (χ1v) is 15.2. The van der Waals surface area contributed by atoms with Crippen LogP contribution in [0.1, 0.15) is 16.7 Å². The molecule has 0 bridgehead atoms. The molecule has 0 aliphatic carbocycles. The van der Waals surface area contributed by atoms with Gasteiger partial charge in [-0.25, -0.2) is 4.99 Å². The predicted molar refractivity (Wildman–Crippen MR) is 182 cm³/mol. The lowest BCUT2D eigenvalue weighted by atomic mass is 9.98. The number of hydrogen-bond donors (Lipinski definition) is 0. The molecule has 42 heavy (non-hydrogen) atoms. The quantitative estimate of drug-likeness (QED) is 0.110. The van der Waals surface area contributed by atoms with E-state index >= 15 is 0 Å². The summed E-state index contributed by atoms with van der Waals surface area (Å²) in [6.07, 6.45) is 1.70. The molecule has 1 heterocycles. The summed E-state index contributed by atoms with van der Waals surface area (Å²) in [6, 6.07) is 28.9. The standard InChI is InChI=1S/C33H23ClI2N2O4/c1-39-25-11-5-22(6-12-25)30-27(17-37)33(42-31(30)23-7-13-26(40-2)14-8-23)38-18-21-15-28(35)32(29(36)16-21)41-19-20-3-9-24(34)10-4-20/h3-16,18H,19H2,1-2H3. The predicted octanol–water partition coefficient (Wildman–Crippen LogP) is 9.69.